The number of nitrogens with zero attached hydrogens (tertiary/aromatic N) is 3. The fourth-order valence-corrected chi connectivity index (χ4v) is 5.47. The van der Waals surface area contributed by atoms with Crippen molar-refractivity contribution in [2.24, 2.45) is 11.8 Å². The Morgan fingerprint density at radius 1 is 0.914 bits per heavy atom. The third-order valence-electron chi connectivity index (χ3n) is 7.59. The number of hydrogen-bond donors (Lipinski definition) is 3. The van der Waals surface area contributed by atoms with Gasteiger partial charge in [-0.25, -0.2) is 10.3 Å². The van der Waals surface area contributed by atoms with Gasteiger partial charge < -0.3 is 24.8 Å². The average molecular weight is 488 g/mol. The number of amides is 3. The van der Waals surface area contributed by atoms with Gasteiger partial charge in [-0.1, -0.05) is 18.2 Å². The van der Waals surface area contributed by atoms with Crippen LogP contribution in [0.5, 0.6) is 0 Å². The van der Waals surface area contributed by atoms with Gasteiger partial charge in [0.25, 0.3) is 0 Å². The number of anilines is 1. The first-order valence-corrected chi connectivity index (χ1v) is 12.6. The van der Waals surface area contributed by atoms with E-state index < -0.39 is 29.9 Å². The van der Waals surface area contributed by atoms with Crippen molar-refractivity contribution in [3.05, 3.63) is 30.3 Å². The molecule has 1 saturated carbocycles. The quantitative estimate of drug-likeness (QED) is 0.425. The number of carbonyl (C=O) groups excluding carboxylic acids is 3. The molecule has 3 aliphatic rings. The van der Waals surface area contributed by atoms with Gasteiger partial charge in [-0.2, -0.15) is 0 Å². The molecule has 2 aliphatic heterocycles. The van der Waals surface area contributed by atoms with Crippen molar-refractivity contribution in [1.82, 2.24) is 20.6 Å². The summed E-state index contributed by atoms with van der Waals surface area (Å²) in [6.07, 6.45) is 1.96. The number of benzene rings is 1. The van der Waals surface area contributed by atoms with E-state index in [1.54, 1.807) is 5.48 Å². The second-order valence-corrected chi connectivity index (χ2v) is 9.90. The van der Waals surface area contributed by atoms with Crippen molar-refractivity contribution in [3.8, 4) is 0 Å². The van der Waals surface area contributed by atoms with Crippen LogP contribution in [0.15, 0.2) is 30.3 Å². The van der Waals surface area contributed by atoms with Crippen LogP contribution < -0.4 is 15.7 Å². The number of hydrogen-bond acceptors (Lipinski definition) is 7. The molecule has 35 heavy (non-hydrogen) atoms. The van der Waals surface area contributed by atoms with Gasteiger partial charge in [0, 0.05) is 37.9 Å². The Balaban J connectivity index is 1.30. The van der Waals surface area contributed by atoms with E-state index >= 15 is 0 Å². The number of likely N-dealkylation sites (tertiary alicyclic amines) is 1. The van der Waals surface area contributed by atoms with Crippen LogP contribution in [-0.2, 0) is 14.3 Å². The molecule has 2 saturated heterocycles. The number of hydroxylamine groups is 1. The maximum atomic E-state index is 13.4. The van der Waals surface area contributed by atoms with Crippen LogP contribution in [0.3, 0.4) is 0 Å². The molecule has 0 bridgehead atoms. The topological polar surface area (TPSA) is 114 Å². The van der Waals surface area contributed by atoms with Crippen LogP contribution in [0.25, 0.3) is 0 Å². The molecule has 0 spiro atoms. The number of alkyl carbamates (subject to hydrolysis) is 1. The van der Waals surface area contributed by atoms with Crippen molar-refractivity contribution >= 4 is 23.6 Å². The van der Waals surface area contributed by atoms with E-state index in [1.165, 1.54) is 0 Å². The zero-order valence-electron chi connectivity index (χ0n) is 20.4. The number of nitrogens with one attached hydrogen (secondary N) is 2. The van der Waals surface area contributed by atoms with Crippen LogP contribution in [0, 0.1) is 11.8 Å². The highest BCUT2D eigenvalue weighted by Gasteiger charge is 2.42. The van der Waals surface area contributed by atoms with Crippen LogP contribution in [0.2, 0.25) is 0 Å². The Morgan fingerprint density at radius 2 is 1.60 bits per heavy atom. The lowest BCUT2D eigenvalue weighted by Gasteiger charge is -2.40. The Hall–Kier alpha value is -2.85. The molecule has 3 amide bonds. The molecule has 0 unspecified atom stereocenters. The molecule has 3 atom stereocenters. The van der Waals surface area contributed by atoms with Gasteiger partial charge in [0.05, 0.1) is 11.8 Å². The molecule has 0 aromatic heterocycles. The Labute approximate surface area is 206 Å². The second-order valence-electron chi connectivity index (χ2n) is 9.90. The highest BCUT2D eigenvalue weighted by Crippen LogP contribution is 2.34. The molecular formula is C25H37N5O5. The van der Waals surface area contributed by atoms with Gasteiger partial charge in [-0.15, -0.1) is 0 Å². The summed E-state index contributed by atoms with van der Waals surface area (Å²) in [4.78, 5) is 44.6. The molecule has 3 fully saturated rings. The van der Waals surface area contributed by atoms with Crippen LogP contribution in [0.1, 0.15) is 32.1 Å². The smallest absolute Gasteiger partial charge is 0.407 e. The molecular weight excluding hydrogens is 450 g/mol. The summed E-state index contributed by atoms with van der Waals surface area (Å²) in [5, 5.41) is 12.2. The largest absolute Gasteiger partial charge is 0.446 e. The number of piperidine rings is 1. The van der Waals surface area contributed by atoms with Crippen molar-refractivity contribution in [3.63, 3.8) is 0 Å². The van der Waals surface area contributed by atoms with Gasteiger partial charge in [-0.3, -0.25) is 14.8 Å². The summed E-state index contributed by atoms with van der Waals surface area (Å²) in [5.41, 5.74) is 2.85. The number of ether oxygens (including phenoxy) is 1. The molecule has 1 aromatic rings. The van der Waals surface area contributed by atoms with E-state index in [1.807, 2.05) is 23.1 Å². The van der Waals surface area contributed by atoms with Crippen LogP contribution in [0.4, 0.5) is 10.5 Å². The molecule has 10 nitrogen and oxygen atoms in total. The molecule has 10 heteroatoms. The average Bonchev–Trinajstić information content (AvgIpc) is 2.89. The maximum absolute atomic E-state index is 13.4. The lowest BCUT2D eigenvalue weighted by Crippen LogP contribution is -2.53. The standard InChI is InChI=1S/C25H37N5O5/c1-28-11-9-18(10-12-28)26-25(33)35-20-7-8-21(22(17-20)23(31)27-34)24(32)30-15-13-29(14-16-30)19-5-3-2-4-6-19/h2-6,18,20-22,34H,7-17H2,1H3,(H,26,33)(H,27,31)/t20-,21+,22+/m1/s1. The van der Waals surface area contributed by atoms with E-state index in [4.69, 9.17) is 4.74 Å². The fourth-order valence-electron chi connectivity index (χ4n) is 5.47. The molecule has 2 heterocycles. The normalized spacial score (nSPS) is 26.2. The van der Waals surface area contributed by atoms with Gasteiger partial charge in [0.1, 0.15) is 6.10 Å². The minimum absolute atomic E-state index is 0.0689. The fraction of sp³-hybridized carbons (Fsp3) is 0.640. The third kappa shape index (κ3) is 6.43. The van der Waals surface area contributed by atoms with Gasteiger partial charge >= 0.3 is 6.09 Å². The molecule has 1 aromatic carbocycles. The summed E-state index contributed by atoms with van der Waals surface area (Å²) < 4.78 is 5.63. The molecule has 1 aliphatic carbocycles. The lowest BCUT2D eigenvalue weighted by molar-refractivity contribution is -0.149. The van der Waals surface area contributed by atoms with Crippen LogP contribution in [-0.4, -0.2) is 91.4 Å². The predicted molar refractivity (Wildman–Crippen MR) is 130 cm³/mol. The first kappa shape index (κ1) is 25.2. The van der Waals surface area contributed by atoms with E-state index in [-0.39, 0.29) is 18.4 Å². The molecule has 3 N–H and O–H groups in total. The summed E-state index contributed by atoms with van der Waals surface area (Å²) in [5.74, 6) is -1.95. The Kier molecular flexibility index (Phi) is 8.46. The Bertz CT molecular complexity index is 868. The molecule has 0 radical (unpaired) electrons. The van der Waals surface area contributed by atoms with Gasteiger partial charge in [0.15, 0.2) is 0 Å². The lowest BCUT2D eigenvalue weighted by atomic mass is 9.76. The summed E-state index contributed by atoms with van der Waals surface area (Å²) in [6, 6.07) is 10.2. The number of rotatable bonds is 5. The van der Waals surface area contributed by atoms with E-state index in [2.05, 4.69) is 34.3 Å². The van der Waals surface area contributed by atoms with Crippen molar-refractivity contribution in [2.75, 3.05) is 51.2 Å². The monoisotopic (exact) mass is 487 g/mol. The molecule has 192 valence electrons. The van der Waals surface area contributed by atoms with E-state index in [9.17, 15) is 19.6 Å². The maximum Gasteiger partial charge on any atom is 0.407 e. The SMILES string of the molecule is CN1CCC(NC(=O)O[C@@H]2CC[C@H](C(=O)N3CCN(c4ccccc4)CC3)[C@@H](C(=O)NO)C2)CC1. The number of piperazine rings is 1. The summed E-state index contributed by atoms with van der Waals surface area (Å²) >= 11 is 0. The highest BCUT2D eigenvalue weighted by atomic mass is 16.6. The second kappa shape index (κ2) is 11.7. The predicted octanol–water partition coefficient (Wildman–Crippen LogP) is 1.45. The highest BCUT2D eigenvalue weighted by molar-refractivity contribution is 5.87. The summed E-state index contributed by atoms with van der Waals surface area (Å²) in [6.45, 7) is 4.46. The minimum Gasteiger partial charge on any atom is -0.446 e. The minimum atomic E-state index is -0.741. The van der Waals surface area contributed by atoms with E-state index in [0.29, 0.717) is 25.9 Å². The van der Waals surface area contributed by atoms with Crippen molar-refractivity contribution in [2.45, 2.75) is 44.2 Å². The van der Waals surface area contributed by atoms with Crippen molar-refractivity contribution in [1.29, 1.82) is 0 Å². The summed E-state index contributed by atoms with van der Waals surface area (Å²) in [7, 11) is 2.06. The van der Waals surface area contributed by atoms with Crippen LogP contribution >= 0.6 is 0 Å². The number of para-hydroxylation sites is 1. The Morgan fingerprint density at radius 3 is 2.26 bits per heavy atom. The van der Waals surface area contributed by atoms with E-state index in [0.717, 1.165) is 44.7 Å². The van der Waals surface area contributed by atoms with Gasteiger partial charge in [-0.05, 0) is 64.4 Å². The molecule has 4 rings (SSSR count). The van der Waals surface area contributed by atoms with Gasteiger partial charge in [0.2, 0.25) is 11.8 Å². The third-order valence-corrected chi connectivity index (χ3v) is 7.59. The number of carbonyl (C=O) groups is 3. The van der Waals surface area contributed by atoms with Crippen molar-refractivity contribution < 1.29 is 24.3 Å². The zero-order valence-corrected chi connectivity index (χ0v) is 20.4. The first-order chi connectivity index (χ1) is 16.9. The first-order valence-electron chi connectivity index (χ1n) is 12.6. The zero-order chi connectivity index (χ0) is 24.8.